The van der Waals surface area contributed by atoms with E-state index in [1.165, 1.54) is 0 Å². The number of nitrogens with one attached hydrogen (secondary N) is 1. The first-order valence-corrected chi connectivity index (χ1v) is 7.33. The molecule has 1 aliphatic heterocycles. The van der Waals surface area contributed by atoms with E-state index in [0.717, 1.165) is 27.2 Å². The lowest BCUT2D eigenvalue weighted by molar-refractivity contribution is 0.186. The molecule has 102 valence electrons. The Morgan fingerprint density at radius 1 is 1.47 bits per heavy atom. The number of hydrogen-bond donors (Lipinski definition) is 1. The Morgan fingerprint density at radius 2 is 2.21 bits per heavy atom. The van der Waals surface area contributed by atoms with Crippen LogP contribution >= 0.6 is 23.4 Å². The van der Waals surface area contributed by atoms with Crippen molar-refractivity contribution in [3.63, 3.8) is 0 Å². The number of thioether (sulfide) groups is 1. The maximum atomic E-state index is 5.87. The first-order chi connectivity index (χ1) is 9.19. The Morgan fingerprint density at radius 3 is 2.79 bits per heavy atom. The van der Waals surface area contributed by atoms with E-state index in [1.807, 2.05) is 31.2 Å². The van der Waals surface area contributed by atoms with E-state index in [0.29, 0.717) is 6.61 Å². The first kappa shape index (κ1) is 14.4. The third kappa shape index (κ3) is 4.23. The third-order valence-electron chi connectivity index (χ3n) is 2.56. The van der Waals surface area contributed by atoms with Crippen molar-refractivity contribution in [3.8, 4) is 0 Å². The molecule has 6 heteroatoms. The summed E-state index contributed by atoms with van der Waals surface area (Å²) in [7, 11) is 1.68. The van der Waals surface area contributed by atoms with Gasteiger partial charge in [0.05, 0.1) is 18.4 Å². The van der Waals surface area contributed by atoms with Gasteiger partial charge in [-0.2, -0.15) is 5.10 Å². The Labute approximate surface area is 122 Å². The van der Waals surface area contributed by atoms with Crippen molar-refractivity contribution < 1.29 is 4.74 Å². The number of ether oxygens (including phenoxy) is 1. The van der Waals surface area contributed by atoms with E-state index in [-0.39, 0.29) is 6.04 Å². The van der Waals surface area contributed by atoms with E-state index >= 15 is 0 Å². The number of methoxy groups -OCH3 is 1. The van der Waals surface area contributed by atoms with Gasteiger partial charge in [-0.3, -0.25) is 10.4 Å². The average Bonchev–Trinajstić information content (AvgIpc) is 2.41. The van der Waals surface area contributed by atoms with Crippen molar-refractivity contribution >= 4 is 34.2 Å². The largest absolute Gasteiger partial charge is 0.382 e. The summed E-state index contributed by atoms with van der Waals surface area (Å²) < 4.78 is 5.05. The minimum absolute atomic E-state index is 0.132. The molecule has 0 amide bonds. The molecule has 0 aliphatic carbocycles. The smallest absolute Gasteiger partial charge is 0.177 e. The molecule has 19 heavy (non-hydrogen) atoms. The summed E-state index contributed by atoms with van der Waals surface area (Å²) in [6, 6.07) is 7.81. The van der Waals surface area contributed by atoms with E-state index in [2.05, 4.69) is 15.5 Å². The Hall–Kier alpha value is -1.04. The molecule has 0 fully saturated rings. The number of benzene rings is 1. The maximum absolute atomic E-state index is 5.87. The van der Waals surface area contributed by atoms with Gasteiger partial charge in [-0.05, 0) is 24.6 Å². The molecule has 0 spiro atoms. The quantitative estimate of drug-likeness (QED) is 0.929. The van der Waals surface area contributed by atoms with Crippen molar-refractivity contribution in [3.05, 3.63) is 34.9 Å². The summed E-state index contributed by atoms with van der Waals surface area (Å²) in [6.07, 6.45) is 0. The van der Waals surface area contributed by atoms with Gasteiger partial charge in [-0.15, -0.1) is 0 Å². The Bertz CT molecular complexity index is 487. The summed E-state index contributed by atoms with van der Waals surface area (Å²) in [5, 5.41) is 5.92. The van der Waals surface area contributed by atoms with Crippen molar-refractivity contribution in [1.82, 2.24) is 5.43 Å². The molecule has 0 radical (unpaired) electrons. The molecular formula is C13H16ClN3OS. The van der Waals surface area contributed by atoms with E-state index in [9.17, 15) is 0 Å². The maximum Gasteiger partial charge on any atom is 0.177 e. The van der Waals surface area contributed by atoms with Crippen LogP contribution in [0.3, 0.4) is 0 Å². The molecule has 0 aromatic heterocycles. The number of aliphatic imine (C=N–C) groups is 1. The molecule has 2 rings (SSSR count). The van der Waals surface area contributed by atoms with Crippen molar-refractivity contribution in [2.24, 2.45) is 10.1 Å². The van der Waals surface area contributed by atoms with Crippen LogP contribution in [0.5, 0.6) is 0 Å². The minimum Gasteiger partial charge on any atom is -0.382 e. The summed E-state index contributed by atoms with van der Waals surface area (Å²) in [6.45, 7) is 2.62. The summed E-state index contributed by atoms with van der Waals surface area (Å²) in [4.78, 5) is 4.48. The average molecular weight is 298 g/mol. The molecule has 1 aromatic rings. The zero-order valence-corrected chi connectivity index (χ0v) is 12.5. The van der Waals surface area contributed by atoms with Crippen LogP contribution in [0.4, 0.5) is 0 Å². The van der Waals surface area contributed by atoms with Gasteiger partial charge in [0.25, 0.3) is 0 Å². The van der Waals surface area contributed by atoms with Crippen LogP contribution in [0.25, 0.3) is 0 Å². The molecule has 1 heterocycles. The van der Waals surface area contributed by atoms with Gasteiger partial charge >= 0.3 is 0 Å². The number of nitrogens with zero attached hydrogens (tertiary/aromatic N) is 2. The van der Waals surface area contributed by atoms with Gasteiger partial charge in [-0.25, -0.2) is 0 Å². The highest BCUT2D eigenvalue weighted by Crippen LogP contribution is 2.16. The molecule has 4 nitrogen and oxygen atoms in total. The van der Waals surface area contributed by atoms with Gasteiger partial charge in [0, 0.05) is 17.9 Å². The van der Waals surface area contributed by atoms with Crippen LogP contribution in [-0.2, 0) is 4.74 Å². The second kappa shape index (κ2) is 6.93. The third-order valence-corrected chi connectivity index (χ3v) is 3.69. The second-order valence-electron chi connectivity index (χ2n) is 4.20. The number of halogens is 1. The van der Waals surface area contributed by atoms with E-state index in [4.69, 9.17) is 16.3 Å². The van der Waals surface area contributed by atoms with Crippen LogP contribution in [-0.4, -0.2) is 36.4 Å². The number of rotatable bonds is 4. The zero-order valence-electron chi connectivity index (χ0n) is 10.9. The molecule has 1 aromatic carbocycles. The highest BCUT2D eigenvalue weighted by atomic mass is 35.5. The molecule has 0 saturated carbocycles. The molecule has 1 aliphatic rings. The highest BCUT2D eigenvalue weighted by molar-refractivity contribution is 8.14. The topological polar surface area (TPSA) is 46.0 Å². The summed E-state index contributed by atoms with van der Waals surface area (Å²) in [5.74, 6) is 0.799. The minimum atomic E-state index is 0.132. The fourth-order valence-electron chi connectivity index (χ4n) is 1.65. The predicted octanol–water partition coefficient (Wildman–Crippen LogP) is 2.77. The highest BCUT2D eigenvalue weighted by Gasteiger charge is 2.13. The van der Waals surface area contributed by atoms with Gasteiger partial charge in [0.15, 0.2) is 5.17 Å². The Balaban J connectivity index is 2.01. The lowest BCUT2D eigenvalue weighted by Gasteiger charge is -2.16. The van der Waals surface area contributed by atoms with Crippen LogP contribution in [0.15, 0.2) is 34.4 Å². The normalized spacial score (nSPS) is 18.9. The summed E-state index contributed by atoms with van der Waals surface area (Å²) in [5.41, 5.74) is 5.06. The van der Waals surface area contributed by atoms with Gasteiger partial charge in [0.2, 0.25) is 0 Å². The van der Waals surface area contributed by atoms with E-state index in [1.54, 1.807) is 18.9 Å². The monoisotopic (exact) mass is 297 g/mol. The summed E-state index contributed by atoms with van der Waals surface area (Å²) >= 11 is 7.51. The van der Waals surface area contributed by atoms with Gasteiger partial charge in [0.1, 0.15) is 0 Å². The first-order valence-electron chi connectivity index (χ1n) is 5.97. The lowest BCUT2D eigenvalue weighted by Crippen LogP contribution is -2.27. The van der Waals surface area contributed by atoms with Gasteiger partial charge < -0.3 is 4.74 Å². The number of hydrazone groups is 1. The second-order valence-corrected chi connectivity index (χ2v) is 5.60. The predicted molar refractivity (Wildman–Crippen MR) is 82.4 cm³/mol. The van der Waals surface area contributed by atoms with Crippen molar-refractivity contribution in [2.75, 3.05) is 19.5 Å². The fourth-order valence-corrected chi connectivity index (χ4v) is 2.65. The number of amidine groups is 1. The molecule has 1 N–H and O–H groups in total. The van der Waals surface area contributed by atoms with Crippen LogP contribution in [0.2, 0.25) is 5.02 Å². The number of hydrogen-bond acceptors (Lipinski definition) is 4. The van der Waals surface area contributed by atoms with Crippen molar-refractivity contribution in [2.45, 2.75) is 13.0 Å². The molecule has 0 bridgehead atoms. The Kier molecular flexibility index (Phi) is 5.24. The van der Waals surface area contributed by atoms with Crippen LogP contribution in [0.1, 0.15) is 12.5 Å². The van der Waals surface area contributed by atoms with E-state index < -0.39 is 0 Å². The van der Waals surface area contributed by atoms with Gasteiger partial charge in [-0.1, -0.05) is 35.5 Å². The van der Waals surface area contributed by atoms with Crippen molar-refractivity contribution in [1.29, 1.82) is 0 Å². The molecule has 0 unspecified atom stereocenters. The molecule has 1 atom stereocenters. The zero-order chi connectivity index (χ0) is 13.7. The standard InChI is InChI=1S/C13H16ClN3OS/c1-9(7-18-2)15-13-17-16-12(8-19-13)10-3-5-11(14)6-4-10/h3-6,9H,7-8H2,1-2H3,(H,15,17)/t9-/m1/s1. The lowest BCUT2D eigenvalue weighted by atomic mass is 10.1. The fraction of sp³-hybridized carbons (Fsp3) is 0.385. The molecule has 0 saturated heterocycles. The van der Waals surface area contributed by atoms with Crippen LogP contribution < -0.4 is 5.43 Å². The SMILES string of the molecule is COC[C@@H](C)N=C1NN=C(c2ccc(Cl)cc2)CS1. The molecular weight excluding hydrogens is 282 g/mol. The van der Waals surface area contributed by atoms with Crippen LogP contribution in [0, 0.1) is 0 Å².